The van der Waals surface area contributed by atoms with E-state index in [9.17, 15) is 4.79 Å². The van der Waals surface area contributed by atoms with Crippen LogP contribution in [0.1, 0.15) is 18.3 Å². The van der Waals surface area contributed by atoms with E-state index in [0.717, 1.165) is 31.6 Å². The highest BCUT2D eigenvalue weighted by Gasteiger charge is 2.20. The SMILES string of the molecule is Cc1nn(C)c(C)c1NC(=O)[C@@H](C)Sc1nc2ccccc2s1. The quantitative estimate of drug-likeness (QED) is 0.731. The molecule has 1 aromatic carbocycles. The number of rotatable bonds is 4. The summed E-state index contributed by atoms with van der Waals surface area (Å²) in [6.07, 6.45) is 0. The lowest BCUT2D eigenvalue weighted by Crippen LogP contribution is -2.23. The number of aromatic nitrogens is 3. The highest BCUT2D eigenvalue weighted by molar-refractivity contribution is 8.02. The number of carbonyl (C=O) groups excluding carboxylic acids is 1. The number of thioether (sulfide) groups is 1. The van der Waals surface area contributed by atoms with Crippen LogP contribution in [0.2, 0.25) is 0 Å². The summed E-state index contributed by atoms with van der Waals surface area (Å²) in [7, 11) is 1.87. The first kappa shape index (κ1) is 16.0. The molecule has 3 rings (SSSR count). The van der Waals surface area contributed by atoms with E-state index >= 15 is 0 Å². The number of aryl methyl sites for hydroxylation is 2. The van der Waals surface area contributed by atoms with Gasteiger partial charge in [-0.05, 0) is 32.9 Å². The average Bonchev–Trinajstić information content (AvgIpc) is 3.02. The van der Waals surface area contributed by atoms with E-state index in [4.69, 9.17) is 0 Å². The molecule has 1 amide bonds. The van der Waals surface area contributed by atoms with Gasteiger partial charge in [0.25, 0.3) is 0 Å². The molecule has 0 unspecified atom stereocenters. The molecule has 0 aliphatic carbocycles. The van der Waals surface area contributed by atoms with E-state index in [1.54, 1.807) is 16.0 Å². The van der Waals surface area contributed by atoms with E-state index in [0.29, 0.717) is 0 Å². The molecule has 1 atom stereocenters. The standard InChI is InChI=1S/C16H18N4OS2/c1-9-14(10(2)20(4)19-9)18-15(21)11(3)22-16-17-12-7-5-6-8-13(12)23-16/h5-8,11H,1-4H3,(H,18,21)/t11-/m1/s1. The first-order valence-corrected chi connectivity index (χ1v) is 8.98. The molecule has 1 N–H and O–H groups in total. The fourth-order valence-corrected chi connectivity index (χ4v) is 4.50. The van der Waals surface area contributed by atoms with E-state index < -0.39 is 0 Å². The van der Waals surface area contributed by atoms with Crippen LogP contribution < -0.4 is 5.32 Å². The summed E-state index contributed by atoms with van der Waals surface area (Å²) in [6.45, 7) is 5.74. The zero-order chi connectivity index (χ0) is 16.6. The molecule has 23 heavy (non-hydrogen) atoms. The molecule has 0 radical (unpaired) electrons. The van der Waals surface area contributed by atoms with Gasteiger partial charge in [-0.2, -0.15) is 5.10 Å². The van der Waals surface area contributed by atoms with Gasteiger partial charge < -0.3 is 5.32 Å². The van der Waals surface area contributed by atoms with Crippen molar-refractivity contribution in [3.63, 3.8) is 0 Å². The highest BCUT2D eigenvalue weighted by atomic mass is 32.2. The molecular weight excluding hydrogens is 328 g/mol. The maximum Gasteiger partial charge on any atom is 0.237 e. The summed E-state index contributed by atoms with van der Waals surface area (Å²) in [5.41, 5.74) is 3.56. The van der Waals surface area contributed by atoms with Crippen LogP contribution in [-0.4, -0.2) is 25.9 Å². The Morgan fingerprint density at radius 3 is 2.74 bits per heavy atom. The minimum Gasteiger partial charge on any atom is -0.322 e. The van der Waals surface area contributed by atoms with Gasteiger partial charge in [0, 0.05) is 7.05 Å². The molecule has 3 aromatic rings. The molecule has 2 heterocycles. The fourth-order valence-electron chi connectivity index (χ4n) is 2.29. The van der Waals surface area contributed by atoms with Crippen LogP contribution >= 0.6 is 23.1 Å². The van der Waals surface area contributed by atoms with Crippen LogP contribution in [-0.2, 0) is 11.8 Å². The van der Waals surface area contributed by atoms with Gasteiger partial charge in [-0.1, -0.05) is 23.9 Å². The number of anilines is 1. The summed E-state index contributed by atoms with van der Waals surface area (Å²) in [6, 6.07) is 8.01. The van der Waals surface area contributed by atoms with Gasteiger partial charge >= 0.3 is 0 Å². The molecule has 7 heteroatoms. The molecule has 120 valence electrons. The van der Waals surface area contributed by atoms with E-state index in [2.05, 4.69) is 15.4 Å². The molecule has 0 spiro atoms. The molecule has 0 aliphatic heterocycles. The third-order valence-corrected chi connectivity index (χ3v) is 5.91. The molecule has 0 bridgehead atoms. The Balaban J connectivity index is 1.72. The monoisotopic (exact) mass is 346 g/mol. The zero-order valence-corrected chi connectivity index (χ0v) is 15.1. The van der Waals surface area contributed by atoms with Crippen molar-refractivity contribution in [1.82, 2.24) is 14.8 Å². The highest BCUT2D eigenvalue weighted by Crippen LogP contribution is 2.32. The van der Waals surface area contributed by atoms with Crippen LogP contribution in [0.5, 0.6) is 0 Å². The maximum atomic E-state index is 12.5. The molecule has 0 aliphatic rings. The number of amides is 1. The first-order chi connectivity index (χ1) is 11.0. The number of thiazole rings is 1. The van der Waals surface area contributed by atoms with Crippen LogP contribution in [0, 0.1) is 13.8 Å². The van der Waals surface area contributed by atoms with Gasteiger partial charge in [0.1, 0.15) is 0 Å². The third kappa shape index (κ3) is 3.25. The predicted octanol–water partition coefficient (Wildman–Crippen LogP) is 3.77. The Kier molecular flexibility index (Phi) is 4.41. The van der Waals surface area contributed by atoms with Gasteiger partial charge in [0.15, 0.2) is 4.34 Å². The zero-order valence-electron chi connectivity index (χ0n) is 13.5. The number of fused-ring (bicyclic) bond motifs is 1. The average molecular weight is 346 g/mol. The van der Waals surface area contributed by atoms with Crippen LogP contribution in [0.4, 0.5) is 5.69 Å². The summed E-state index contributed by atoms with van der Waals surface area (Å²) in [5.74, 6) is -0.0338. The number of hydrogen-bond donors (Lipinski definition) is 1. The Hall–Kier alpha value is -1.86. The number of nitrogens with zero attached hydrogens (tertiary/aromatic N) is 3. The Bertz CT molecular complexity index is 835. The van der Waals surface area contributed by atoms with E-state index in [1.165, 1.54) is 11.8 Å². The Morgan fingerprint density at radius 1 is 1.35 bits per heavy atom. The largest absolute Gasteiger partial charge is 0.322 e. The lowest BCUT2D eigenvalue weighted by Gasteiger charge is -2.10. The van der Waals surface area contributed by atoms with E-state index in [1.807, 2.05) is 52.1 Å². The molecule has 2 aromatic heterocycles. The molecular formula is C16H18N4OS2. The Labute approximate surface area is 143 Å². The minimum atomic E-state index is -0.227. The number of carbonyl (C=O) groups is 1. The van der Waals surface area contributed by atoms with Crippen molar-refractivity contribution in [2.75, 3.05) is 5.32 Å². The van der Waals surface area contributed by atoms with Crippen molar-refractivity contribution in [2.24, 2.45) is 7.05 Å². The second-order valence-electron chi connectivity index (χ2n) is 5.37. The van der Waals surface area contributed by atoms with Crippen LogP contribution in [0.3, 0.4) is 0 Å². The first-order valence-electron chi connectivity index (χ1n) is 7.29. The van der Waals surface area contributed by atoms with Crippen LogP contribution in [0.15, 0.2) is 28.6 Å². The Morgan fingerprint density at radius 2 is 2.09 bits per heavy atom. The summed E-state index contributed by atoms with van der Waals surface area (Å²) in [4.78, 5) is 17.0. The lowest BCUT2D eigenvalue weighted by atomic mass is 10.3. The van der Waals surface area contributed by atoms with Gasteiger partial charge in [0.2, 0.25) is 5.91 Å². The molecule has 0 saturated carbocycles. The normalized spacial score (nSPS) is 12.5. The summed E-state index contributed by atoms with van der Waals surface area (Å²) >= 11 is 3.10. The van der Waals surface area contributed by atoms with Crippen LogP contribution in [0.25, 0.3) is 10.2 Å². The predicted molar refractivity (Wildman–Crippen MR) is 96.3 cm³/mol. The van der Waals surface area contributed by atoms with Crippen molar-refractivity contribution in [3.05, 3.63) is 35.7 Å². The number of hydrogen-bond acceptors (Lipinski definition) is 5. The van der Waals surface area contributed by atoms with Gasteiger partial charge in [-0.3, -0.25) is 9.48 Å². The van der Waals surface area contributed by atoms with E-state index in [-0.39, 0.29) is 11.2 Å². The minimum absolute atomic E-state index is 0.0338. The number of nitrogens with one attached hydrogen (secondary N) is 1. The molecule has 0 saturated heterocycles. The van der Waals surface area contributed by atoms with Gasteiger partial charge in [-0.25, -0.2) is 4.98 Å². The van der Waals surface area contributed by atoms with Crippen molar-refractivity contribution < 1.29 is 4.79 Å². The summed E-state index contributed by atoms with van der Waals surface area (Å²) < 4.78 is 3.83. The maximum absolute atomic E-state index is 12.5. The topological polar surface area (TPSA) is 59.8 Å². The van der Waals surface area contributed by atoms with Gasteiger partial charge in [0.05, 0.1) is 32.5 Å². The lowest BCUT2D eigenvalue weighted by molar-refractivity contribution is -0.115. The molecule has 0 fully saturated rings. The van der Waals surface area contributed by atoms with Crippen molar-refractivity contribution >= 4 is 44.9 Å². The fraction of sp³-hybridized carbons (Fsp3) is 0.312. The third-order valence-electron chi connectivity index (χ3n) is 3.68. The second kappa shape index (κ2) is 6.33. The second-order valence-corrected chi connectivity index (χ2v) is 7.98. The molecule has 5 nitrogen and oxygen atoms in total. The van der Waals surface area contributed by atoms with Gasteiger partial charge in [-0.15, -0.1) is 11.3 Å². The summed E-state index contributed by atoms with van der Waals surface area (Å²) in [5, 5.41) is 7.08. The van der Waals surface area contributed by atoms with Crippen molar-refractivity contribution in [1.29, 1.82) is 0 Å². The number of para-hydroxylation sites is 1. The number of benzene rings is 1. The smallest absolute Gasteiger partial charge is 0.237 e. The van der Waals surface area contributed by atoms with Crippen molar-refractivity contribution in [3.8, 4) is 0 Å². The van der Waals surface area contributed by atoms with Crippen molar-refractivity contribution in [2.45, 2.75) is 30.4 Å².